The number of rotatable bonds is 4. The van der Waals surface area contributed by atoms with Crippen molar-refractivity contribution < 1.29 is 28.6 Å². The van der Waals surface area contributed by atoms with Crippen molar-refractivity contribution in [1.82, 2.24) is 9.80 Å². The van der Waals surface area contributed by atoms with E-state index in [0.29, 0.717) is 31.5 Å². The molecule has 32 heavy (non-hydrogen) atoms. The zero-order valence-electron chi connectivity index (χ0n) is 18.7. The number of nitrogens with zero attached hydrogens (tertiary/aromatic N) is 2. The van der Waals surface area contributed by atoms with Crippen molar-refractivity contribution >= 4 is 18.3 Å². The van der Waals surface area contributed by atoms with Crippen LogP contribution >= 0.6 is 0 Å². The largest absolute Gasteiger partial charge is 0.483 e. The Morgan fingerprint density at radius 2 is 1.94 bits per heavy atom. The molecule has 2 aliphatic rings. The van der Waals surface area contributed by atoms with Gasteiger partial charge in [-0.25, -0.2) is 0 Å². The van der Waals surface area contributed by atoms with E-state index in [2.05, 4.69) is 0 Å². The van der Waals surface area contributed by atoms with Gasteiger partial charge >= 0.3 is 5.97 Å². The highest BCUT2D eigenvalue weighted by Crippen LogP contribution is 2.43. The van der Waals surface area contributed by atoms with E-state index in [1.165, 1.54) is 0 Å². The van der Waals surface area contributed by atoms with Gasteiger partial charge in [-0.15, -0.1) is 0 Å². The molecule has 4 rings (SSSR count). The number of amides is 1. The smallest absolute Gasteiger partial charge is 0.312 e. The molecule has 1 aromatic heterocycles. The average Bonchev–Trinajstić information content (AvgIpc) is 3.32. The zero-order valence-corrected chi connectivity index (χ0v) is 18.7. The number of aryl methyl sites for hydroxylation is 1. The minimum atomic E-state index is -0.426. The van der Waals surface area contributed by atoms with Crippen LogP contribution in [0.4, 0.5) is 0 Å². The third-order valence-corrected chi connectivity index (χ3v) is 6.04. The molecule has 0 saturated carbocycles. The van der Waals surface area contributed by atoms with E-state index >= 15 is 0 Å². The van der Waals surface area contributed by atoms with Crippen molar-refractivity contribution in [1.29, 1.82) is 0 Å². The second kappa shape index (κ2) is 9.99. The molecule has 8 nitrogen and oxygen atoms in total. The number of hydrogen-bond acceptors (Lipinski definition) is 6. The fraction of sp³-hybridized carbons (Fsp3) is 0.458. The first-order chi connectivity index (χ1) is 15.3. The molecule has 0 radical (unpaired) electrons. The van der Waals surface area contributed by atoms with Crippen LogP contribution in [0, 0.1) is 12.3 Å². The number of cyclic esters (lactones) is 1. The molecule has 1 N–H and O–H groups in total. The molecule has 3 heterocycles. The van der Waals surface area contributed by atoms with Crippen LogP contribution in [0.2, 0.25) is 0 Å². The van der Waals surface area contributed by atoms with Crippen LogP contribution in [0.3, 0.4) is 0 Å². The number of piperidine rings is 1. The second-order valence-corrected chi connectivity index (χ2v) is 8.66. The fourth-order valence-corrected chi connectivity index (χ4v) is 4.47. The SMILES string of the molecule is Cc1ccc(-c2cccc(C(=O)N3CCC4(CC3)CC(CN(C)C)OC4=O)c2)o1.O=CO. The van der Waals surface area contributed by atoms with E-state index in [9.17, 15) is 9.59 Å². The Morgan fingerprint density at radius 3 is 2.53 bits per heavy atom. The summed E-state index contributed by atoms with van der Waals surface area (Å²) in [5, 5.41) is 6.89. The van der Waals surface area contributed by atoms with Gasteiger partial charge in [-0.1, -0.05) is 12.1 Å². The normalized spacial score (nSPS) is 19.4. The summed E-state index contributed by atoms with van der Waals surface area (Å²) in [4.78, 5) is 37.9. The first-order valence-corrected chi connectivity index (χ1v) is 10.7. The third-order valence-electron chi connectivity index (χ3n) is 6.04. The van der Waals surface area contributed by atoms with Gasteiger partial charge in [0.25, 0.3) is 12.4 Å². The quantitative estimate of drug-likeness (QED) is 0.574. The highest BCUT2D eigenvalue weighted by atomic mass is 16.6. The Hall–Kier alpha value is -3.13. The van der Waals surface area contributed by atoms with E-state index in [-0.39, 0.29) is 24.5 Å². The Bertz CT molecular complexity index is 959. The molecular formula is C24H30N2O6. The van der Waals surface area contributed by atoms with Crippen molar-refractivity contribution in [2.24, 2.45) is 5.41 Å². The van der Waals surface area contributed by atoms with Crippen LogP contribution in [-0.4, -0.2) is 73.1 Å². The van der Waals surface area contributed by atoms with Gasteiger partial charge in [0.1, 0.15) is 17.6 Å². The summed E-state index contributed by atoms with van der Waals surface area (Å²) in [5.74, 6) is 1.51. The van der Waals surface area contributed by atoms with E-state index < -0.39 is 5.41 Å². The third kappa shape index (κ3) is 5.19. The van der Waals surface area contributed by atoms with Crippen molar-refractivity contribution in [2.75, 3.05) is 33.7 Å². The van der Waals surface area contributed by atoms with Crippen molar-refractivity contribution in [3.05, 3.63) is 47.7 Å². The Balaban J connectivity index is 0.000000913. The number of carboxylic acid groups (broad SMARTS) is 1. The highest BCUT2D eigenvalue weighted by molar-refractivity contribution is 5.95. The van der Waals surface area contributed by atoms with Crippen LogP contribution in [0.5, 0.6) is 0 Å². The molecule has 1 atom stereocenters. The van der Waals surface area contributed by atoms with Gasteiger partial charge in [-0.3, -0.25) is 14.4 Å². The molecule has 2 fully saturated rings. The summed E-state index contributed by atoms with van der Waals surface area (Å²) >= 11 is 0. The molecular weight excluding hydrogens is 412 g/mol. The van der Waals surface area contributed by atoms with Gasteiger partial charge in [-0.05, 0) is 58.1 Å². The lowest BCUT2D eigenvalue weighted by atomic mass is 9.76. The monoisotopic (exact) mass is 442 g/mol. The first-order valence-electron chi connectivity index (χ1n) is 10.7. The summed E-state index contributed by atoms with van der Waals surface area (Å²) in [6.07, 6.45) is 2.03. The molecule has 0 aliphatic carbocycles. The van der Waals surface area contributed by atoms with Crippen molar-refractivity contribution in [3.63, 3.8) is 0 Å². The van der Waals surface area contributed by atoms with Crippen LogP contribution in [0.25, 0.3) is 11.3 Å². The van der Waals surface area contributed by atoms with Gasteiger partial charge in [0.2, 0.25) is 0 Å². The Morgan fingerprint density at radius 1 is 1.25 bits per heavy atom. The lowest BCUT2D eigenvalue weighted by molar-refractivity contribution is -0.150. The summed E-state index contributed by atoms with van der Waals surface area (Å²) in [6.45, 7) is 3.55. The van der Waals surface area contributed by atoms with Gasteiger partial charge in [0.05, 0.1) is 5.41 Å². The summed E-state index contributed by atoms with van der Waals surface area (Å²) in [6, 6.07) is 11.4. The highest BCUT2D eigenvalue weighted by Gasteiger charge is 2.50. The van der Waals surface area contributed by atoms with Crippen LogP contribution < -0.4 is 0 Å². The van der Waals surface area contributed by atoms with Gasteiger partial charge in [-0.2, -0.15) is 0 Å². The van der Waals surface area contributed by atoms with Gasteiger partial charge in [0, 0.05) is 37.2 Å². The topological polar surface area (TPSA) is 100 Å². The number of furan rings is 1. The van der Waals surface area contributed by atoms with E-state index in [1.54, 1.807) is 0 Å². The molecule has 0 bridgehead atoms. The van der Waals surface area contributed by atoms with E-state index in [4.69, 9.17) is 19.1 Å². The molecule has 2 saturated heterocycles. The molecule has 1 amide bonds. The number of benzene rings is 1. The fourth-order valence-electron chi connectivity index (χ4n) is 4.47. The standard InChI is InChI=1S/C23H28N2O4.CH2O2/c1-16-7-8-20(28-16)17-5-4-6-18(13-17)21(26)25-11-9-23(10-12-25)14-19(15-24(2)3)29-22(23)27;2-1-3/h4-8,13,19H,9-12,14-15H2,1-3H3;1H,(H,2,3). The van der Waals surface area contributed by atoms with Crippen LogP contribution in [-0.2, 0) is 14.3 Å². The number of ether oxygens (including phenoxy) is 1. The maximum atomic E-state index is 13.1. The van der Waals surface area contributed by atoms with Crippen molar-refractivity contribution in [3.8, 4) is 11.3 Å². The molecule has 2 aromatic rings. The summed E-state index contributed by atoms with van der Waals surface area (Å²) in [5.41, 5.74) is 1.11. The van der Waals surface area contributed by atoms with Gasteiger partial charge < -0.3 is 24.1 Å². The maximum absolute atomic E-state index is 13.1. The van der Waals surface area contributed by atoms with E-state index in [0.717, 1.165) is 30.0 Å². The van der Waals surface area contributed by atoms with Crippen molar-refractivity contribution in [2.45, 2.75) is 32.3 Å². The summed E-state index contributed by atoms with van der Waals surface area (Å²) < 4.78 is 11.3. The Kier molecular flexibility index (Phi) is 7.35. The number of esters is 1. The minimum absolute atomic E-state index is 0.00110. The predicted octanol–water partition coefficient (Wildman–Crippen LogP) is 3.06. The second-order valence-electron chi connectivity index (χ2n) is 8.66. The maximum Gasteiger partial charge on any atom is 0.312 e. The molecule has 8 heteroatoms. The number of carbonyl (C=O) groups is 3. The number of hydrogen-bond donors (Lipinski definition) is 1. The van der Waals surface area contributed by atoms with Gasteiger partial charge in [0.15, 0.2) is 0 Å². The molecule has 2 aliphatic heterocycles. The first kappa shape index (κ1) is 23.5. The zero-order chi connectivity index (χ0) is 23.3. The lowest BCUT2D eigenvalue weighted by Gasteiger charge is -2.36. The molecule has 1 aromatic carbocycles. The average molecular weight is 443 g/mol. The molecule has 1 unspecified atom stereocenters. The number of carbonyl (C=O) groups excluding carboxylic acids is 2. The van der Waals surface area contributed by atoms with E-state index in [1.807, 2.05) is 67.2 Å². The Labute approximate surface area is 187 Å². The van der Waals surface area contributed by atoms with Crippen LogP contribution in [0.1, 0.15) is 35.4 Å². The molecule has 172 valence electrons. The lowest BCUT2D eigenvalue weighted by Crippen LogP contribution is -2.45. The number of likely N-dealkylation sites (tertiary alicyclic amines) is 1. The van der Waals surface area contributed by atoms with Crippen LogP contribution in [0.15, 0.2) is 40.8 Å². The number of likely N-dealkylation sites (N-methyl/N-ethyl adjacent to an activating group) is 1. The minimum Gasteiger partial charge on any atom is -0.483 e. The predicted molar refractivity (Wildman–Crippen MR) is 118 cm³/mol. The summed E-state index contributed by atoms with van der Waals surface area (Å²) in [7, 11) is 3.97. The molecule has 1 spiro atoms.